The molecule has 0 amide bonds. The van der Waals surface area contributed by atoms with Gasteiger partial charge in [0.15, 0.2) is 6.29 Å². The molecule has 1 aliphatic rings. The Morgan fingerprint density at radius 2 is 2.22 bits per heavy atom. The van der Waals surface area contributed by atoms with Crippen molar-refractivity contribution in [1.29, 1.82) is 0 Å². The van der Waals surface area contributed by atoms with Crippen LogP contribution in [0.25, 0.3) is 5.69 Å². The van der Waals surface area contributed by atoms with Crippen molar-refractivity contribution < 1.29 is 4.79 Å². The predicted molar refractivity (Wildman–Crippen MR) is 68.5 cm³/mol. The van der Waals surface area contributed by atoms with Crippen molar-refractivity contribution in [3.05, 3.63) is 40.2 Å². The molecule has 0 saturated heterocycles. The molecule has 1 saturated carbocycles. The number of carbonyl (C=O) groups excluding carboxylic acids is 1. The van der Waals surface area contributed by atoms with Gasteiger partial charge in [-0.15, -0.1) is 5.10 Å². The first-order chi connectivity index (χ1) is 8.70. The molecule has 0 atom stereocenters. The van der Waals surface area contributed by atoms with E-state index in [0.717, 1.165) is 36.1 Å². The van der Waals surface area contributed by atoms with Gasteiger partial charge in [-0.1, -0.05) is 22.9 Å². The molecule has 3 rings (SSSR count). The second-order valence-corrected chi connectivity index (χ2v) is 5.03. The highest BCUT2D eigenvalue weighted by Crippen LogP contribution is 2.41. The van der Waals surface area contributed by atoms with Gasteiger partial charge in [-0.25, -0.2) is 4.68 Å². The van der Waals surface area contributed by atoms with E-state index in [0.29, 0.717) is 16.6 Å². The van der Waals surface area contributed by atoms with Gasteiger partial charge in [-0.05, 0) is 37.5 Å². The first-order valence-electron chi connectivity index (χ1n) is 5.88. The molecular weight excluding hydrogens is 250 g/mol. The standard InChI is InChI=1S/C13H12ClN3O/c1-8-2-5-10(14)6-12(8)17-13(9-3-4-9)11(7-18)15-16-17/h2,5-7,9H,3-4H2,1H3. The van der Waals surface area contributed by atoms with Gasteiger partial charge in [0.05, 0.1) is 11.4 Å². The lowest BCUT2D eigenvalue weighted by atomic mass is 10.1. The first kappa shape index (κ1) is 11.4. The summed E-state index contributed by atoms with van der Waals surface area (Å²) in [6.45, 7) is 1.99. The quantitative estimate of drug-likeness (QED) is 0.798. The number of hydrogen-bond acceptors (Lipinski definition) is 3. The monoisotopic (exact) mass is 261 g/mol. The van der Waals surface area contributed by atoms with E-state index in [4.69, 9.17) is 11.6 Å². The van der Waals surface area contributed by atoms with Gasteiger partial charge in [0.2, 0.25) is 0 Å². The van der Waals surface area contributed by atoms with Crippen LogP contribution in [0.5, 0.6) is 0 Å². The highest BCUT2D eigenvalue weighted by atomic mass is 35.5. The van der Waals surface area contributed by atoms with E-state index in [9.17, 15) is 4.79 Å². The summed E-state index contributed by atoms with van der Waals surface area (Å²) in [4.78, 5) is 11.0. The molecule has 1 aromatic carbocycles. The molecular formula is C13H12ClN3O. The normalized spacial score (nSPS) is 14.8. The number of benzene rings is 1. The van der Waals surface area contributed by atoms with Crippen LogP contribution < -0.4 is 0 Å². The summed E-state index contributed by atoms with van der Waals surface area (Å²) in [7, 11) is 0. The third-order valence-electron chi connectivity index (χ3n) is 3.21. The number of rotatable bonds is 3. The Morgan fingerprint density at radius 1 is 1.44 bits per heavy atom. The molecule has 0 aliphatic heterocycles. The highest BCUT2D eigenvalue weighted by molar-refractivity contribution is 6.30. The van der Waals surface area contributed by atoms with Crippen LogP contribution in [0.3, 0.4) is 0 Å². The van der Waals surface area contributed by atoms with E-state index in [2.05, 4.69) is 10.3 Å². The minimum atomic E-state index is 0.401. The van der Waals surface area contributed by atoms with Crippen molar-refractivity contribution in [2.45, 2.75) is 25.7 Å². The number of hydrogen-bond donors (Lipinski definition) is 0. The Labute approximate surface area is 110 Å². The van der Waals surface area contributed by atoms with Crippen molar-refractivity contribution in [3.8, 4) is 5.69 Å². The van der Waals surface area contributed by atoms with Crippen LogP contribution in [-0.2, 0) is 0 Å². The average Bonchev–Trinajstić information content (AvgIpc) is 3.12. The second kappa shape index (κ2) is 4.21. The minimum absolute atomic E-state index is 0.401. The molecule has 0 radical (unpaired) electrons. The molecule has 1 aromatic heterocycles. The van der Waals surface area contributed by atoms with Crippen molar-refractivity contribution in [2.24, 2.45) is 0 Å². The highest BCUT2D eigenvalue weighted by Gasteiger charge is 2.32. The topological polar surface area (TPSA) is 47.8 Å². The SMILES string of the molecule is Cc1ccc(Cl)cc1-n1nnc(C=O)c1C1CC1. The fourth-order valence-corrected chi connectivity index (χ4v) is 2.28. The molecule has 92 valence electrons. The van der Waals surface area contributed by atoms with E-state index >= 15 is 0 Å². The number of carbonyl (C=O) groups is 1. The molecule has 1 heterocycles. The Bertz CT molecular complexity index is 617. The minimum Gasteiger partial charge on any atom is -0.296 e. The van der Waals surface area contributed by atoms with Crippen LogP contribution >= 0.6 is 11.6 Å². The number of nitrogens with zero attached hydrogens (tertiary/aromatic N) is 3. The van der Waals surface area contributed by atoms with Crippen molar-refractivity contribution in [1.82, 2.24) is 15.0 Å². The van der Waals surface area contributed by atoms with E-state index in [-0.39, 0.29) is 0 Å². The third-order valence-corrected chi connectivity index (χ3v) is 3.44. The molecule has 0 unspecified atom stereocenters. The number of aromatic nitrogens is 3. The van der Waals surface area contributed by atoms with Crippen molar-refractivity contribution in [3.63, 3.8) is 0 Å². The molecule has 18 heavy (non-hydrogen) atoms. The first-order valence-corrected chi connectivity index (χ1v) is 6.26. The predicted octanol–water partition coefficient (Wildman–Crippen LogP) is 2.92. The molecule has 4 nitrogen and oxygen atoms in total. The van der Waals surface area contributed by atoms with Gasteiger partial charge >= 0.3 is 0 Å². The largest absolute Gasteiger partial charge is 0.296 e. The smallest absolute Gasteiger partial charge is 0.172 e. The van der Waals surface area contributed by atoms with Crippen LogP contribution in [-0.4, -0.2) is 21.3 Å². The van der Waals surface area contributed by atoms with Crippen LogP contribution in [0.4, 0.5) is 0 Å². The summed E-state index contributed by atoms with van der Waals surface area (Å²) in [6.07, 6.45) is 2.96. The molecule has 5 heteroatoms. The van der Waals surface area contributed by atoms with Crippen LogP contribution in [0.2, 0.25) is 5.02 Å². The lowest BCUT2D eigenvalue weighted by molar-refractivity contribution is 0.111. The lowest BCUT2D eigenvalue weighted by Gasteiger charge is -2.09. The maximum Gasteiger partial charge on any atom is 0.172 e. The Hall–Kier alpha value is -1.68. The fourth-order valence-electron chi connectivity index (χ4n) is 2.11. The maximum atomic E-state index is 11.0. The number of aldehydes is 1. The summed E-state index contributed by atoms with van der Waals surface area (Å²) in [5, 5.41) is 8.70. The van der Waals surface area contributed by atoms with Gasteiger partial charge in [0.25, 0.3) is 0 Å². The average molecular weight is 262 g/mol. The summed E-state index contributed by atoms with van der Waals surface area (Å²) >= 11 is 6.02. The van der Waals surface area contributed by atoms with E-state index in [1.165, 1.54) is 0 Å². The van der Waals surface area contributed by atoms with Crippen molar-refractivity contribution >= 4 is 17.9 Å². The zero-order valence-electron chi connectivity index (χ0n) is 9.93. The van der Waals surface area contributed by atoms with Crippen molar-refractivity contribution in [2.75, 3.05) is 0 Å². The van der Waals surface area contributed by atoms with E-state index in [1.807, 2.05) is 25.1 Å². The maximum absolute atomic E-state index is 11.0. The summed E-state index contributed by atoms with van der Waals surface area (Å²) in [5.41, 5.74) is 3.31. The summed E-state index contributed by atoms with van der Waals surface area (Å²) < 4.78 is 1.75. The Kier molecular flexibility index (Phi) is 2.67. The van der Waals surface area contributed by atoms with Crippen LogP contribution in [0.1, 0.15) is 40.5 Å². The molecule has 0 spiro atoms. The third kappa shape index (κ3) is 1.82. The Balaban J connectivity index is 2.19. The van der Waals surface area contributed by atoms with E-state index < -0.39 is 0 Å². The molecule has 0 bridgehead atoms. The Morgan fingerprint density at radius 3 is 2.89 bits per heavy atom. The fraction of sp³-hybridized carbons (Fsp3) is 0.308. The van der Waals surface area contributed by atoms with Crippen LogP contribution in [0.15, 0.2) is 18.2 Å². The molecule has 2 aromatic rings. The zero-order valence-corrected chi connectivity index (χ0v) is 10.7. The second-order valence-electron chi connectivity index (χ2n) is 4.59. The molecule has 0 N–H and O–H groups in total. The van der Waals surface area contributed by atoms with Gasteiger partial charge in [-0.2, -0.15) is 0 Å². The van der Waals surface area contributed by atoms with Gasteiger partial charge in [0, 0.05) is 10.9 Å². The summed E-state index contributed by atoms with van der Waals surface area (Å²) in [6, 6.07) is 5.64. The van der Waals surface area contributed by atoms with Gasteiger partial charge in [-0.3, -0.25) is 4.79 Å². The summed E-state index contributed by atoms with van der Waals surface area (Å²) in [5.74, 6) is 0.401. The number of halogens is 1. The lowest BCUT2D eigenvalue weighted by Crippen LogP contribution is -2.04. The molecule has 1 fully saturated rings. The van der Waals surface area contributed by atoms with Gasteiger partial charge < -0.3 is 0 Å². The van der Waals surface area contributed by atoms with E-state index in [1.54, 1.807) is 4.68 Å². The molecule has 1 aliphatic carbocycles. The number of aryl methyl sites for hydroxylation is 1. The van der Waals surface area contributed by atoms with Crippen LogP contribution in [0, 0.1) is 6.92 Å². The zero-order chi connectivity index (χ0) is 12.7. The van der Waals surface area contributed by atoms with Gasteiger partial charge in [0.1, 0.15) is 5.69 Å².